The van der Waals surface area contributed by atoms with Crippen molar-refractivity contribution in [2.45, 2.75) is 31.1 Å². The van der Waals surface area contributed by atoms with Gasteiger partial charge in [-0.15, -0.1) is 0 Å². The summed E-state index contributed by atoms with van der Waals surface area (Å²) in [4.78, 5) is 4.55. The molecule has 0 bridgehead atoms. The SMILES string of the molecule is CC(C)c1nc(Cc2ccc(NS(=O)(=O)c3ccc(Br)cc3)cc2)no1. The van der Waals surface area contributed by atoms with Gasteiger partial charge in [-0.3, -0.25) is 4.72 Å². The van der Waals surface area contributed by atoms with Crippen molar-refractivity contribution >= 4 is 31.6 Å². The number of rotatable bonds is 6. The highest BCUT2D eigenvalue weighted by atomic mass is 79.9. The van der Waals surface area contributed by atoms with E-state index in [1.54, 1.807) is 36.4 Å². The number of hydrogen-bond donors (Lipinski definition) is 1. The number of sulfonamides is 1. The Bertz CT molecular complexity index is 981. The third-order valence-electron chi connectivity index (χ3n) is 3.67. The Kier molecular flexibility index (Phi) is 5.43. The molecule has 0 aliphatic heterocycles. The van der Waals surface area contributed by atoms with Gasteiger partial charge in [0.05, 0.1) is 4.90 Å². The molecule has 0 unspecified atom stereocenters. The molecule has 0 atom stereocenters. The number of anilines is 1. The van der Waals surface area contributed by atoms with Gasteiger partial charge in [0, 0.05) is 22.5 Å². The topological polar surface area (TPSA) is 85.1 Å². The molecule has 2 aromatic carbocycles. The summed E-state index contributed by atoms with van der Waals surface area (Å²) in [5.74, 6) is 1.41. The number of nitrogens with one attached hydrogen (secondary N) is 1. The van der Waals surface area contributed by atoms with Crippen LogP contribution in [0.3, 0.4) is 0 Å². The van der Waals surface area contributed by atoms with Crippen molar-refractivity contribution in [2.24, 2.45) is 0 Å². The third kappa shape index (κ3) is 4.50. The van der Waals surface area contributed by atoms with E-state index in [0.717, 1.165) is 10.0 Å². The maximum atomic E-state index is 12.4. The van der Waals surface area contributed by atoms with Gasteiger partial charge in [-0.2, -0.15) is 4.98 Å². The summed E-state index contributed by atoms with van der Waals surface area (Å²) >= 11 is 3.29. The van der Waals surface area contributed by atoms with E-state index in [4.69, 9.17) is 4.52 Å². The van der Waals surface area contributed by atoms with Gasteiger partial charge in [-0.25, -0.2) is 8.42 Å². The van der Waals surface area contributed by atoms with Crippen LogP contribution in [0.1, 0.15) is 37.0 Å². The first kappa shape index (κ1) is 18.6. The molecule has 1 heterocycles. The zero-order chi connectivity index (χ0) is 18.7. The first-order valence-electron chi connectivity index (χ1n) is 8.03. The molecule has 0 saturated heterocycles. The predicted octanol–water partition coefficient (Wildman–Crippen LogP) is 4.35. The van der Waals surface area contributed by atoms with Crippen molar-refractivity contribution in [3.05, 3.63) is 70.3 Å². The summed E-state index contributed by atoms with van der Waals surface area (Å²) in [7, 11) is -3.62. The zero-order valence-electron chi connectivity index (χ0n) is 14.3. The van der Waals surface area contributed by atoms with Crippen molar-refractivity contribution in [1.29, 1.82) is 0 Å². The molecule has 0 aliphatic rings. The van der Waals surface area contributed by atoms with Crippen LogP contribution in [-0.4, -0.2) is 18.6 Å². The maximum Gasteiger partial charge on any atom is 0.261 e. The fraction of sp³-hybridized carbons (Fsp3) is 0.222. The predicted molar refractivity (Wildman–Crippen MR) is 103 cm³/mol. The van der Waals surface area contributed by atoms with Gasteiger partial charge in [0.25, 0.3) is 10.0 Å². The average Bonchev–Trinajstić information content (AvgIpc) is 3.06. The van der Waals surface area contributed by atoms with Crippen LogP contribution in [0.25, 0.3) is 0 Å². The van der Waals surface area contributed by atoms with E-state index in [1.165, 1.54) is 0 Å². The molecule has 1 aromatic heterocycles. The molecule has 26 heavy (non-hydrogen) atoms. The summed E-state index contributed by atoms with van der Waals surface area (Å²) in [6.45, 7) is 3.98. The zero-order valence-corrected chi connectivity index (χ0v) is 16.7. The standard InChI is InChI=1S/C18H18BrN3O3S/c1-12(2)18-20-17(21-25-18)11-13-3-7-15(8-4-13)22-26(23,24)16-9-5-14(19)6-10-16/h3-10,12,22H,11H2,1-2H3. The summed E-state index contributed by atoms with van der Waals surface area (Å²) < 4.78 is 33.4. The van der Waals surface area contributed by atoms with Crippen LogP contribution in [-0.2, 0) is 16.4 Å². The summed E-state index contributed by atoms with van der Waals surface area (Å²) in [5, 5.41) is 3.96. The second kappa shape index (κ2) is 7.59. The maximum absolute atomic E-state index is 12.4. The van der Waals surface area contributed by atoms with E-state index in [0.29, 0.717) is 23.8 Å². The quantitative estimate of drug-likeness (QED) is 0.621. The van der Waals surface area contributed by atoms with Crippen LogP contribution >= 0.6 is 15.9 Å². The first-order valence-corrected chi connectivity index (χ1v) is 10.3. The van der Waals surface area contributed by atoms with Crippen LogP contribution in [0.5, 0.6) is 0 Å². The highest BCUT2D eigenvalue weighted by molar-refractivity contribution is 9.10. The summed E-state index contributed by atoms with van der Waals surface area (Å²) in [5.41, 5.74) is 1.46. The molecule has 3 rings (SSSR count). The molecular weight excluding hydrogens is 418 g/mol. The van der Waals surface area contributed by atoms with E-state index in [-0.39, 0.29) is 10.8 Å². The highest BCUT2D eigenvalue weighted by Crippen LogP contribution is 2.20. The number of halogens is 1. The molecule has 0 spiro atoms. The Morgan fingerprint density at radius 3 is 2.31 bits per heavy atom. The highest BCUT2D eigenvalue weighted by Gasteiger charge is 2.14. The van der Waals surface area contributed by atoms with Gasteiger partial charge < -0.3 is 4.52 Å². The molecular formula is C18H18BrN3O3S. The largest absolute Gasteiger partial charge is 0.339 e. The number of hydrogen-bond acceptors (Lipinski definition) is 5. The molecule has 8 heteroatoms. The first-order chi connectivity index (χ1) is 12.3. The van der Waals surface area contributed by atoms with Crippen LogP contribution in [0, 0.1) is 0 Å². The van der Waals surface area contributed by atoms with Crippen LogP contribution < -0.4 is 4.72 Å². The average molecular weight is 436 g/mol. The lowest BCUT2D eigenvalue weighted by Gasteiger charge is -2.08. The molecule has 0 radical (unpaired) electrons. The number of benzene rings is 2. The van der Waals surface area contributed by atoms with Gasteiger partial charge >= 0.3 is 0 Å². The van der Waals surface area contributed by atoms with E-state index < -0.39 is 10.0 Å². The molecule has 1 N–H and O–H groups in total. The van der Waals surface area contributed by atoms with Crippen molar-refractivity contribution in [1.82, 2.24) is 10.1 Å². The molecule has 0 saturated carbocycles. The second-order valence-corrected chi connectivity index (χ2v) is 8.73. The minimum atomic E-state index is -3.62. The van der Waals surface area contributed by atoms with E-state index in [9.17, 15) is 8.42 Å². The Morgan fingerprint density at radius 2 is 1.73 bits per heavy atom. The third-order valence-corrected chi connectivity index (χ3v) is 5.60. The van der Waals surface area contributed by atoms with E-state index >= 15 is 0 Å². The minimum absolute atomic E-state index is 0.187. The number of nitrogens with zero attached hydrogens (tertiary/aromatic N) is 2. The fourth-order valence-corrected chi connectivity index (χ4v) is 3.60. The molecule has 3 aromatic rings. The van der Waals surface area contributed by atoms with Gasteiger partial charge in [0.1, 0.15) is 0 Å². The molecule has 0 amide bonds. The van der Waals surface area contributed by atoms with Crippen LogP contribution in [0.4, 0.5) is 5.69 Å². The summed E-state index contributed by atoms with van der Waals surface area (Å²) in [6.07, 6.45) is 0.524. The minimum Gasteiger partial charge on any atom is -0.339 e. The van der Waals surface area contributed by atoms with Gasteiger partial charge in [0.2, 0.25) is 5.89 Å². The van der Waals surface area contributed by atoms with Crippen LogP contribution in [0.2, 0.25) is 0 Å². The summed E-state index contributed by atoms with van der Waals surface area (Å²) in [6, 6.07) is 13.6. The van der Waals surface area contributed by atoms with Gasteiger partial charge in [-0.1, -0.05) is 47.1 Å². The Balaban J connectivity index is 1.70. The van der Waals surface area contributed by atoms with Gasteiger partial charge in [-0.05, 0) is 42.0 Å². The fourth-order valence-electron chi connectivity index (χ4n) is 2.27. The molecule has 6 nitrogen and oxygen atoms in total. The Hall–Kier alpha value is -2.19. The van der Waals surface area contributed by atoms with E-state index in [1.807, 2.05) is 26.0 Å². The van der Waals surface area contributed by atoms with Crippen molar-refractivity contribution in [2.75, 3.05) is 4.72 Å². The smallest absolute Gasteiger partial charge is 0.261 e. The van der Waals surface area contributed by atoms with Crippen molar-refractivity contribution in [3.8, 4) is 0 Å². The van der Waals surface area contributed by atoms with E-state index in [2.05, 4.69) is 30.8 Å². The lowest BCUT2D eigenvalue weighted by molar-refractivity contribution is 0.361. The Morgan fingerprint density at radius 1 is 1.08 bits per heavy atom. The lowest BCUT2D eigenvalue weighted by atomic mass is 10.1. The normalized spacial score (nSPS) is 11.7. The molecule has 0 fully saturated rings. The monoisotopic (exact) mass is 435 g/mol. The van der Waals surface area contributed by atoms with Crippen molar-refractivity contribution < 1.29 is 12.9 Å². The Labute approximate surface area is 160 Å². The molecule has 136 valence electrons. The number of aromatic nitrogens is 2. The van der Waals surface area contributed by atoms with Crippen molar-refractivity contribution in [3.63, 3.8) is 0 Å². The van der Waals surface area contributed by atoms with Crippen LogP contribution in [0.15, 0.2) is 62.4 Å². The van der Waals surface area contributed by atoms with Gasteiger partial charge in [0.15, 0.2) is 5.82 Å². The molecule has 0 aliphatic carbocycles. The lowest BCUT2D eigenvalue weighted by Crippen LogP contribution is -2.12. The second-order valence-electron chi connectivity index (χ2n) is 6.14.